The summed E-state index contributed by atoms with van der Waals surface area (Å²) < 4.78 is 4.81. The van der Waals surface area contributed by atoms with E-state index in [2.05, 4.69) is 0 Å². The lowest BCUT2D eigenvalue weighted by Crippen LogP contribution is -2.50. The van der Waals surface area contributed by atoms with Gasteiger partial charge in [-0.2, -0.15) is 0 Å². The van der Waals surface area contributed by atoms with Gasteiger partial charge in [0.25, 0.3) is 5.69 Å². The maximum Gasteiger partial charge on any atom is 0.345 e. The van der Waals surface area contributed by atoms with Crippen molar-refractivity contribution in [3.63, 3.8) is 0 Å². The second kappa shape index (κ2) is 5.78. The van der Waals surface area contributed by atoms with Gasteiger partial charge in [0.15, 0.2) is 0 Å². The average Bonchev–Trinajstić information content (AvgIpc) is 2.36. The van der Waals surface area contributed by atoms with Gasteiger partial charge in [-0.15, -0.1) is 0 Å². The van der Waals surface area contributed by atoms with Gasteiger partial charge in [0, 0.05) is 24.8 Å². The molecule has 112 valence electrons. The number of ether oxygens (including phenoxy) is 1. The number of hydrogen-bond acceptors (Lipinski definition) is 6. The zero-order valence-corrected chi connectivity index (χ0v) is 11.3. The maximum atomic E-state index is 11.8. The average molecular weight is 294 g/mol. The van der Waals surface area contributed by atoms with Crippen molar-refractivity contribution in [2.45, 2.75) is 6.92 Å². The predicted molar refractivity (Wildman–Crippen MR) is 72.4 cm³/mol. The van der Waals surface area contributed by atoms with Gasteiger partial charge in [-0.25, -0.2) is 4.79 Å². The van der Waals surface area contributed by atoms with Gasteiger partial charge in [0.2, 0.25) is 0 Å². The Morgan fingerprint density at radius 1 is 1.48 bits per heavy atom. The highest BCUT2D eigenvalue weighted by Gasteiger charge is 2.33. The Bertz CT molecular complexity index is 594. The topological polar surface area (TPSA) is 110 Å². The van der Waals surface area contributed by atoms with E-state index >= 15 is 0 Å². The highest BCUT2D eigenvalue weighted by Crippen LogP contribution is 2.30. The molecule has 0 bridgehead atoms. The molecular weight excluding hydrogens is 280 g/mol. The fraction of sp³-hybridized carbons (Fsp3) is 0.385. The third-order valence-corrected chi connectivity index (χ3v) is 3.27. The third kappa shape index (κ3) is 2.93. The summed E-state index contributed by atoms with van der Waals surface area (Å²) in [7, 11) is 0. The number of carbonyl (C=O) groups excluding carboxylic acids is 1. The molecule has 1 saturated heterocycles. The molecule has 0 atom stereocenters. The highest BCUT2D eigenvalue weighted by molar-refractivity contribution is 5.95. The van der Waals surface area contributed by atoms with E-state index in [4.69, 9.17) is 9.84 Å². The van der Waals surface area contributed by atoms with Gasteiger partial charge >= 0.3 is 11.9 Å². The predicted octanol–water partition coefficient (Wildman–Crippen LogP) is 1.29. The SMILES string of the molecule is CCOC(=O)c1cc(N2CC(C(=O)O)C2)ccc1[N+](=O)[O-]. The molecule has 0 spiro atoms. The summed E-state index contributed by atoms with van der Waals surface area (Å²) in [5.41, 5.74) is 0.117. The molecule has 8 nitrogen and oxygen atoms in total. The zero-order chi connectivity index (χ0) is 15.6. The first-order valence-electron chi connectivity index (χ1n) is 6.37. The molecular formula is C13H14N2O6. The molecule has 21 heavy (non-hydrogen) atoms. The summed E-state index contributed by atoms with van der Waals surface area (Å²) in [6.45, 7) is 2.36. The van der Waals surface area contributed by atoms with Crippen LogP contribution in [-0.2, 0) is 9.53 Å². The molecule has 1 aromatic carbocycles. The number of esters is 1. The number of anilines is 1. The van der Waals surface area contributed by atoms with E-state index in [0.29, 0.717) is 18.8 Å². The van der Waals surface area contributed by atoms with Gasteiger partial charge in [-0.3, -0.25) is 14.9 Å². The lowest BCUT2D eigenvalue weighted by Gasteiger charge is -2.38. The lowest BCUT2D eigenvalue weighted by atomic mass is 9.99. The van der Waals surface area contributed by atoms with Crippen LogP contribution in [0.1, 0.15) is 17.3 Å². The standard InChI is InChI=1S/C13H14N2O6/c1-2-21-13(18)10-5-9(3-4-11(10)15(19)20)14-6-8(7-14)12(16)17/h3-5,8H,2,6-7H2,1H3,(H,16,17). The van der Waals surface area contributed by atoms with Crippen LogP contribution in [0.2, 0.25) is 0 Å². The number of aliphatic carboxylic acids is 1. The molecule has 0 aliphatic carbocycles. The number of benzene rings is 1. The molecule has 1 fully saturated rings. The van der Waals surface area contributed by atoms with Gasteiger partial charge < -0.3 is 14.7 Å². The van der Waals surface area contributed by atoms with Gasteiger partial charge in [0.1, 0.15) is 5.56 Å². The molecule has 1 aliphatic rings. The molecule has 0 amide bonds. The molecule has 1 N–H and O–H groups in total. The number of carboxylic acid groups (broad SMARTS) is 1. The Morgan fingerprint density at radius 2 is 2.14 bits per heavy atom. The van der Waals surface area contributed by atoms with E-state index in [-0.39, 0.29) is 17.9 Å². The second-order valence-corrected chi connectivity index (χ2v) is 4.62. The Hall–Kier alpha value is -2.64. The summed E-state index contributed by atoms with van der Waals surface area (Å²) >= 11 is 0. The van der Waals surface area contributed by atoms with Crippen molar-refractivity contribution in [1.82, 2.24) is 0 Å². The van der Waals surface area contributed by atoms with E-state index in [1.54, 1.807) is 11.8 Å². The summed E-state index contributed by atoms with van der Waals surface area (Å²) in [6.07, 6.45) is 0. The first-order chi connectivity index (χ1) is 9.93. The van der Waals surface area contributed by atoms with E-state index < -0.39 is 22.8 Å². The summed E-state index contributed by atoms with van der Waals surface area (Å²) in [6, 6.07) is 4.10. The molecule has 0 unspecified atom stereocenters. The molecule has 0 saturated carbocycles. The second-order valence-electron chi connectivity index (χ2n) is 4.62. The number of rotatable bonds is 5. The fourth-order valence-corrected chi connectivity index (χ4v) is 2.10. The Kier molecular flexibility index (Phi) is 4.06. The van der Waals surface area contributed by atoms with Crippen LogP contribution < -0.4 is 4.90 Å². The summed E-state index contributed by atoms with van der Waals surface area (Å²) in [5.74, 6) is -2.09. The van der Waals surface area contributed by atoms with E-state index in [1.807, 2.05) is 0 Å². The van der Waals surface area contributed by atoms with Crippen LogP contribution in [0.25, 0.3) is 0 Å². The molecule has 0 aromatic heterocycles. The van der Waals surface area contributed by atoms with Crippen molar-refractivity contribution < 1.29 is 24.4 Å². The number of hydrogen-bond donors (Lipinski definition) is 1. The number of nitro benzene ring substituents is 1. The van der Waals surface area contributed by atoms with E-state index in [1.165, 1.54) is 18.2 Å². The first-order valence-corrected chi connectivity index (χ1v) is 6.37. The lowest BCUT2D eigenvalue weighted by molar-refractivity contribution is -0.385. The smallest absolute Gasteiger partial charge is 0.345 e. The molecule has 1 aliphatic heterocycles. The highest BCUT2D eigenvalue weighted by atomic mass is 16.6. The van der Waals surface area contributed by atoms with Crippen molar-refractivity contribution in [3.8, 4) is 0 Å². The van der Waals surface area contributed by atoms with Crippen LogP contribution >= 0.6 is 0 Å². The Balaban J connectivity index is 2.26. The quantitative estimate of drug-likeness (QED) is 0.495. The van der Waals surface area contributed by atoms with Crippen LogP contribution in [-0.4, -0.2) is 41.7 Å². The van der Waals surface area contributed by atoms with E-state index in [9.17, 15) is 19.7 Å². The van der Waals surface area contributed by atoms with E-state index in [0.717, 1.165) is 0 Å². The van der Waals surface area contributed by atoms with Crippen LogP contribution in [0.4, 0.5) is 11.4 Å². The molecule has 0 radical (unpaired) electrons. The summed E-state index contributed by atoms with van der Waals surface area (Å²) in [5, 5.41) is 19.8. The van der Waals surface area contributed by atoms with Crippen LogP contribution in [0, 0.1) is 16.0 Å². The normalized spacial score (nSPS) is 14.4. The summed E-state index contributed by atoms with van der Waals surface area (Å²) in [4.78, 5) is 34.6. The Morgan fingerprint density at radius 3 is 2.67 bits per heavy atom. The van der Waals surface area contributed by atoms with Crippen LogP contribution in [0.5, 0.6) is 0 Å². The number of nitrogens with zero attached hydrogens (tertiary/aromatic N) is 2. The Labute approximate surface area is 120 Å². The van der Waals surface area contributed by atoms with Crippen LogP contribution in [0.3, 0.4) is 0 Å². The minimum atomic E-state index is -0.876. The number of carboxylic acids is 1. The van der Waals surface area contributed by atoms with Crippen molar-refractivity contribution in [2.75, 3.05) is 24.6 Å². The first kappa shape index (κ1) is 14.8. The third-order valence-electron chi connectivity index (χ3n) is 3.27. The van der Waals surface area contributed by atoms with Gasteiger partial charge in [0.05, 0.1) is 17.4 Å². The minimum absolute atomic E-state index is 0.116. The monoisotopic (exact) mass is 294 g/mol. The molecule has 1 aromatic rings. The molecule has 2 rings (SSSR count). The zero-order valence-electron chi connectivity index (χ0n) is 11.3. The van der Waals surface area contributed by atoms with Gasteiger partial charge in [-0.05, 0) is 19.1 Å². The number of nitro groups is 1. The van der Waals surface area contributed by atoms with Crippen molar-refractivity contribution in [1.29, 1.82) is 0 Å². The largest absolute Gasteiger partial charge is 0.481 e. The van der Waals surface area contributed by atoms with Crippen molar-refractivity contribution in [3.05, 3.63) is 33.9 Å². The van der Waals surface area contributed by atoms with Crippen LogP contribution in [0.15, 0.2) is 18.2 Å². The fourth-order valence-electron chi connectivity index (χ4n) is 2.10. The molecule has 1 heterocycles. The maximum absolute atomic E-state index is 11.8. The minimum Gasteiger partial charge on any atom is -0.481 e. The molecule has 8 heteroatoms. The van der Waals surface area contributed by atoms with Crippen molar-refractivity contribution in [2.24, 2.45) is 5.92 Å². The van der Waals surface area contributed by atoms with Crippen molar-refractivity contribution >= 4 is 23.3 Å². The number of carbonyl (C=O) groups is 2. The van der Waals surface area contributed by atoms with Gasteiger partial charge in [-0.1, -0.05) is 0 Å².